The topological polar surface area (TPSA) is 58.4 Å². The van der Waals surface area contributed by atoms with E-state index >= 15 is 0 Å². The number of para-hydroxylation sites is 1. The minimum absolute atomic E-state index is 0.0332. The van der Waals surface area contributed by atoms with Crippen molar-refractivity contribution in [1.29, 1.82) is 0 Å². The third-order valence-electron chi connectivity index (χ3n) is 5.89. The van der Waals surface area contributed by atoms with Crippen molar-refractivity contribution in [2.24, 2.45) is 0 Å². The molecule has 1 aliphatic carbocycles. The summed E-state index contributed by atoms with van der Waals surface area (Å²) in [6.45, 7) is 2.00. The fourth-order valence-electron chi connectivity index (χ4n) is 3.95. The Balaban J connectivity index is 1.31. The minimum Gasteiger partial charge on any atom is -0.335 e. The van der Waals surface area contributed by atoms with E-state index in [0.29, 0.717) is 48.4 Å². The van der Waals surface area contributed by atoms with Crippen LogP contribution in [0.5, 0.6) is 0 Å². The van der Waals surface area contributed by atoms with Gasteiger partial charge in [0.1, 0.15) is 5.69 Å². The number of carbonyl (C=O) groups is 2. The number of carbonyl (C=O) groups excluding carboxylic acids is 2. The Morgan fingerprint density at radius 1 is 0.839 bits per heavy atom. The van der Waals surface area contributed by atoms with Gasteiger partial charge in [0.2, 0.25) is 0 Å². The van der Waals surface area contributed by atoms with Crippen LogP contribution in [-0.2, 0) is 0 Å². The van der Waals surface area contributed by atoms with Gasteiger partial charge in [-0.05, 0) is 55.3 Å². The molecule has 5 rings (SSSR count). The molecule has 1 saturated carbocycles. The van der Waals surface area contributed by atoms with Crippen molar-refractivity contribution in [2.45, 2.75) is 18.8 Å². The zero-order chi connectivity index (χ0) is 21.4. The molecule has 0 spiro atoms. The van der Waals surface area contributed by atoms with Gasteiger partial charge in [0.05, 0.1) is 11.4 Å². The number of hydrogen-bond donors (Lipinski definition) is 0. The molecule has 0 atom stereocenters. The Kier molecular flexibility index (Phi) is 5.24. The summed E-state index contributed by atoms with van der Waals surface area (Å²) in [5.41, 5.74) is 3.07. The second-order valence-corrected chi connectivity index (χ2v) is 8.50. The summed E-state index contributed by atoms with van der Waals surface area (Å²) < 4.78 is 1.77. The number of rotatable bonds is 4. The summed E-state index contributed by atoms with van der Waals surface area (Å²) in [5, 5.41) is 5.35. The molecule has 2 aromatic carbocycles. The molecule has 0 N–H and O–H groups in total. The Morgan fingerprint density at radius 3 is 2.06 bits per heavy atom. The maximum Gasteiger partial charge on any atom is 0.272 e. The second kappa shape index (κ2) is 8.19. The van der Waals surface area contributed by atoms with Crippen LogP contribution < -0.4 is 0 Å². The van der Waals surface area contributed by atoms with Crippen molar-refractivity contribution in [3.05, 3.63) is 82.6 Å². The Labute approximate surface area is 186 Å². The molecule has 1 aliphatic heterocycles. The summed E-state index contributed by atoms with van der Waals surface area (Å²) in [7, 11) is 0. The minimum atomic E-state index is -0.0400. The first-order chi connectivity index (χ1) is 15.1. The molecule has 158 valence electrons. The highest BCUT2D eigenvalue weighted by Crippen LogP contribution is 2.40. The van der Waals surface area contributed by atoms with Crippen molar-refractivity contribution >= 4 is 23.4 Å². The molecular weight excluding hydrogens is 412 g/mol. The van der Waals surface area contributed by atoms with Crippen LogP contribution in [0.3, 0.4) is 0 Å². The van der Waals surface area contributed by atoms with E-state index in [2.05, 4.69) is 0 Å². The van der Waals surface area contributed by atoms with Crippen molar-refractivity contribution < 1.29 is 9.59 Å². The molecule has 0 bridgehead atoms. The first-order valence-electron chi connectivity index (χ1n) is 10.6. The van der Waals surface area contributed by atoms with E-state index in [1.165, 1.54) is 0 Å². The molecule has 0 radical (unpaired) electrons. The first-order valence-corrected chi connectivity index (χ1v) is 11.0. The van der Waals surface area contributed by atoms with Gasteiger partial charge in [-0.2, -0.15) is 5.10 Å². The van der Waals surface area contributed by atoms with Gasteiger partial charge in [-0.3, -0.25) is 9.59 Å². The summed E-state index contributed by atoms with van der Waals surface area (Å²) in [6, 6.07) is 18.6. The molecule has 1 saturated heterocycles. The van der Waals surface area contributed by atoms with E-state index in [9.17, 15) is 9.59 Å². The third-order valence-corrected chi connectivity index (χ3v) is 6.14. The predicted octanol–water partition coefficient (Wildman–Crippen LogP) is 4.00. The van der Waals surface area contributed by atoms with Crippen LogP contribution >= 0.6 is 11.6 Å². The zero-order valence-electron chi connectivity index (χ0n) is 17.1. The van der Waals surface area contributed by atoms with Crippen molar-refractivity contribution in [1.82, 2.24) is 19.6 Å². The molecule has 6 nitrogen and oxygen atoms in total. The lowest BCUT2D eigenvalue weighted by Crippen LogP contribution is -2.50. The van der Waals surface area contributed by atoms with E-state index in [4.69, 9.17) is 16.7 Å². The summed E-state index contributed by atoms with van der Waals surface area (Å²) in [4.78, 5) is 29.7. The van der Waals surface area contributed by atoms with E-state index in [0.717, 1.165) is 24.2 Å². The van der Waals surface area contributed by atoms with Crippen molar-refractivity contribution in [2.75, 3.05) is 26.2 Å². The molecule has 2 fully saturated rings. The van der Waals surface area contributed by atoms with E-state index in [-0.39, 0.29) is 11.8 Å². The van der Waals surface area contributed by atoms with Gasteiger partial charge in [0, 0.05) is 42.7 Å². The smallest absolute Gasteiger partial charge is 0.272 e. The fraction of sp³-hybridized carbons (Fsp3) is 0.292. The van der Waals surface area contributed by atoms with Crippen LogP contribution in [0.4, 0.5) is 0 Å². The number of halogens is 1. The SMILES string of the molecule is O=C(c1ccc(Cl)cc1)N1CCN(C(=O)c2cc(C3CC3)nn2-c2ccccc2)CC1. The normalized spacial score (nSPS) is 16.4. The molecule has 1 aromatic heterocycles. The lowest BCUT2D eigenvalue weighted by Gasteiger charge is -2.34. The molecular formula is C24H23ClN4O2. The van der Waals surface area contributed by atoms with E-state index in [1.807, 2.05) is 41.3 Å². The van der Waals surface area contributed by atoms with Gasteiger partial charge >= 0.3 is 0 Å². The highest BCUT2D eigenvalue weighted by Gasteiger charge is 2.32. The quantitative estimate of drug-likeness (QED) is 0.623. The molecule has 31 heavy (non-hydrogen) atoms. The number of amides is 2. The fourth-order valence-corrected chi connectivity index (χ4v) is 4.07. The van der Waals surface area contributed by atoms with Gasteiger partial charge in [-0.15, -0.1) is 0 Å². The Morgan fingerprint density at radius 2 is 1.45 bits per heavy atom. The average Bonchev–Trinajstić information content (AvgIpc) is 3.57. The van der Waals surface area contributed by atoms with Crippen molar-refractivity contribution in [3.8, 4) is 5.69 Å². The third kappa shape index (κ3) is 4.08. The van der Waals surface area contributed by atoms with Crippen LogP contribution in [0, 0.1) is 0 Å². The molecule has 0 unspecified atom stereocenters. The average molecular weight is 435 g/mol. The zero-order valence-corrected chi connectivity index (χ0v) is 17.8. The molecule has 7 heteroatoms. The van der Waals surface area contributed by atoms with Crippen LogP contribution in [0.1, 0.15) is 45.3 Å². The summed E-state index contributed by atoms with van der Waals surface area (Å²) >= 11 is 5.92. The Bertz CT molecular complexity index is 1100. The van der Waals surface area contributed by atoms with E-state index < -0.39 is 0 Å². The highest BCUT2D eigenvalue weighted by atomic mass is 35.5. The molecule has 3 aromatic rings. The highest BCUT2D eigenvalue weighted by molar-refractivity contribution is 6.30. The lowest BCUT2D eigenvalue weighted by atomic mass is 10.1. The summed E-state index contributed by atoms with van der Waals surface area (Å²) in [5.74, 6) is 0.390. The molecule has 2 amide bonds. The standard InChI is InChI=1S/C24H23ClN4O2/c25-19-10-8-18(9-11-19)23(30)27-12-14-28(15-13-27)24(31)22-16-21(17-6-7-17)26-29(22)20-4-2-1-3-5-20/h1-5,8-11,16-17H,6-7,12-15H2. The Hall–Kier alpha value is -3.12. The van der Waals surface area contributed by atoms with Gasteiger partial charge in [-0.25, -0.2) is 4.68 Å². The first kappa shape index (κ1) is 19.8. The summed E-state index contributed by atoms with van der Waals surface area (Å²) in [6.07, 6.45) is 2.26. The number of aromatic nitrogens is 2. The van der Waals surface area contributed by atoms with Gasteiger partial charge in [0.25, 0.3) is 11.8 Å². The molecule has 2 aliphatic rings. The maximum atomic E-state index is 13.4. The second-order valence-electron chi connectivity index (χ2n) is 8.07. The van der Waals surface area contributed by atoms with Crippen LogP contribution in [-0.4, -0.2) is 57.6 Å². The van der Waals surface area contributed by atoms with Crippen molar-refractivity contribution in [3.63, 3.8) is 0 Å². The van der Waals surface area contributed by atoms with E-state index in [1.54, 1.807) is 33.8 Å². The van der Waals surface area contributed by atoms with Gasteiger partial charge in [-0.1, -0.05) is 29.8 Å². The van der Waals surface area contributed by atoms with Gasteiger partial charge in [0.15, 0.2) is 0 Å². The van der Waals surface area contributed by atoms with Crippen LogP contribution in [0.15, 0.2) is 60.7 Å². The number of nitrogens with zero attached hydrogens (tertiary/aromatic N) is 4. The number of piperazine rings is 1. The van der Waals surface area contributed by atoms with Crippen LogP contribution in [0.25, 0.3) is 5.69 Å². The lowest BCUT2D eigenvalue weighted by molar-refractivity contribution is 0.0530. The monoisotopic (exact) mass is 434 g/mol. The largest absolute Gasteiger partial charge is 0.335 e. The predicted molar refractivity (Wildman–Crippen MR) is 119 cm³/mol. The molecule has 2 heterocycles. The van der Waals surface area contributed by atoms with Gasteiger partial charge < -0.3 is 9.80 Å². The van der Waals surface area contributed by atoms with Crippen LogP contribution in [0.2, 0.25) is 5.02 Å². The maximum absolute atomic E-state index is 13.4. The number of hydrogen-bond acceptors (Lipinski definition) is 3. The number of benzene rings is 2.